The first kappa shape index (κ1) is 28.1. The number of nitrogens with zero attached hydrogens (tertiary/aromatic N) is 3. The number of nitrogens with one attached hydrogen (secondary N) is 2. The maximum absolute atomic E-state index is 13.6. The summed E-state index contributed by atoms with van der Waals surface area (Å²) in [6.45, 7) is 2.66. The zero-order valence-electron chi connectivity index (χ0n) is 21.8. The van der Waals surface area contributed by atoms with E-state index in [0.29, 0.717) is 53.2 Å². The van der Waals surface area contributed by atoms with Crippen molar-refractivity contribution in [2.75, 3.05) is 30.9 Å². The van der Waals surface area contributed by atoms with E-state index in [2.05, 4.69) is 39.4 Å². The number of pyridine rings is 2. The Labute approximate surface area is 226 Å². The first-order valence-electron chi connectivity index (χ1n) is 12.8. The lowest BCUT2D eigenvalue weighted by Gasteiger charge is -2.24. The zero-order chi connectivity index (χ0) is 27.2. The van der Waals surface area contributed by atoms with Gasteiger partial charge in [0.15, 0.2) is 0 Å². The molecule has 4 rings (SSSR count). The van der Waals surface area contributed by atoms with Crippen LogP contribution in [-0.2, 0) is 4.79 Å². The molecule has 4 N–H and O–H groups in total. The standard InChI is InChI=1S/C27H34F2N6O2S/c1-16-4-9-25(36)35(11-10-16)23-13-18(19-12-20(26(28)29)32-15-22(19)37-3)21(14-33-23)34-27(30)38-24(31-2)8-7-17-5-6-17/h12-17,24,26-27,31,34H,4-6,9-11,30H2,1-3H3. The highest BCUT2D eigenvalue weighted by atomic mass is 32.2. The van der Waals surface area contributed by atoms with Crippen molar-refractivity contribution in [2.24, 2.45) is 17.6 Å². The van der Waals surface area contributed by atoms with E-state index >= 15 is 0 Å². The van der Waals surface area contributed by atoms with Gasteiger partial charge in [-0.2, -0.15) is 0 Å². The number of thioether (sulfide) groups is 1. The van der Waals surface area contributed by atoms with Gasteiger partial charge in [0.2, 0.25) is 5.91 Å². The van der Waals surface area contributed by atoms with Crippen LogP contribution in [0.25, 0.3) is 11.1 Å². The minimum Gasteiger partial charge on any atom is -0.494 e. The second-order valence-corrected chi connectivity index (χ2v) is 10.9. The van der Waals surface area contributed by atoms with E-state index in [9.17, 15) is 13.6 Å². The van der Waals surface area contributed by atoms with Gasteiger partial charge in [-0.25, -0.2) is 13.8 Å². The van der Waals surface area contributed by atoms with Crippen molar-refractivity contribution in [3.8, 4) is 28.7 Å². The van der Waals surface area contributed by atoms with Gasteiger partial charge >= 0.3 is 0 Å². The molecule has 204 valence electrons. The molecule has 2 aromatic rings. The van der Waals surface area contributed by atoms with Crippen molar-refractivity contribution in [2.45, 2.75) is 56.3 Å². The van der Waals surface area contributed by atoms with Gasteiger partial charge in [-0.15, -0.1) is 0 Å². The lowest BCUT2D eigenvalue weighted by atomic mass is 10.0. The van der Waals surface area contributed by atoms with E-state index in [-0.39, 0.29) is 17.0 Å². The summed E-state index contributed by atoms with van der Waals surface area (Å²) in [5.74, 6) is 8.10. The molecular weight excluding hydrogens is 510 g/mol. The molecule has 1 aliphatic carbocycles. The molecule has 1 amide bonds. The summed E-state index contributed by atoms with van der Waals surface area (Å²) < 4.78 is 32.7. The van der Waals surface area contributed by atoms with Crippen LogP contribution in [0.15, 0.2) is 24.5 Å². The summed E-state index contributed by atoms with van der Waals surface area (Å²) in [7, 11) is 3.27. The minimum absolute atomic E-state index is 0.0122. The molecule has 2 fully saturated rings. The van der Waals surface area contributed by atoms with Crippen LogP contribution in [0.3, 0.4) is 0 Å². The number of carbonyl (C=O) groups excluding carboxylic acids is 1. The van der Waals surface area contributed by atoms with E-state index in [1.165, 1.54) is 31.1 Å². The summed E-state index contributed by atoms with van der Waals surface area (Å²) in [5, 5.41) is 6.20. The van der Waals surface area contributed by atoms with Crippen LogP contribution in [-0.4, -0.2) is 47.4 Å². The van der Waals surface area contributed by atoms with E-state index < -0.39 is 11.9 Å². The Morgan fingerprint density at radius 2 is 1.97 bits per heavy atom. The van der Waals surface area contributed by atoms with Crippen LogP contribution in [0, 0.1) is 23.7 Å². The Bertz CT molecular complexity index is 1200. The first-order chi connectivity index (χ1) is 18.3. The Kier molecular flexibility index (Phi) is 9.41. The largest absolute Gasteiger partial charge is 0.494 e. The summed E-state index contributed by atoms with van der Waals surface area (Å²) >= 11 is 1.39. The van der Waals surface area contributed by atoms with E-state index in [4.69, 9.17) is 10.5 Å². The number of nitrogens with two attached hydrogens (primary N) is 1. The third-order valence-corrected chi connectivity index (χ3v) is 7.66. The molecule has 3 unspecified atom stereocenters. The second kappa shape index (κ2) is 12.7. The third-order valence-electron chi connectivity index (χ3n) is 6.62. The van der Waals surface area contributed by atoms with Gasteiger partial charge in [-0.1, -0.05) is 30.5 Å². The maximum atomic E-state index is 13.6. The van der Waals surface area contributed by atoms with Crippen LogP contribution in [0.2, 0.25) is 0 Å². The van der Waals surface area contributed by atoms with Crippen LogP contribution < -0.4 is 26.0 Å². The minimum atomic E-state index is -2.76. The van der Waals surface area contributed by atoms with E-state index in [1.807, 2.05) is 7.05 Å². The molecule has 0 radical (unpaired) electrons. The molecule has 3 heterocycles. The Balaban J connectivity index is 1.70. The number of ether oxygens (including phenoxy) is 1. The van der Waals surface area contributed by atoms with Gasteiger partial charge in [0.25, 0.3) is 6.43 Å². The molecule has 3 atom stereocenters. The van der Waals surface area contributed by atoms with Crippen LogP contribution in [0.4, 0.5) is 20.3 Å². The second-order valence-electron chi connectivity index (χ2n) is 9.61. The van der Waals surface area contributed by atoms with Crippen LogP contribution >= 0.6 is 11.8 Å². The SMILES string of the molecule is CNC(C#CC1CC1)SC(N)Nc1cnc(N2CCC(C)CCC2=O)cc1-c1cc(C(F)F)ncc1OC. The fourth-order valence-corrected chi connectivity index (χ4v) is 4.94. The third kappa shape index (κ3) is 7.12. The van der Waals surface area contributed by atoms with Crippen molar-refractivity contribution >= 4 is 29.2 Å². The number of carbonyl (C=O) groups is 1. The first-order valence-corrected chi connectivity index (χ1v) is 13.7. The van der Waals surface area contributed by atoms with Crippen molar-refractivity contribution in [1.29, 1.82) is 0 Å². The van der Waals surface area contributed by atoms with Gasteiger partial charge in [0.1, 0.15) is 28.1 Å². The van der Waals surface area contributed by atoms with E-state index in [1.54, 1.807) is 17.2 Å². The Morgan fingerprint density at radius 1 is 1.18 bits per heavy atom. The smallest absolute Gasteiger partial charge is 0.280 e. The van der Waals surface area contributed by atoms with Gasteiger partial charge in [0, 0.05) is 30.0 Å². The average Bonchev–Trinajstić information content (AvgIpc) is 3.75. The number of rotatable bonds is 9. The number of aromatic nitrogens is 2. The number of halogens is 2. The monoisotopic (exact) mass is 544 g/mol. The number of anilines is 2. The summed E-state index contributed by atoms with van der Waals surface area (Å²) in [6, 6.07) is 3.03. The lowest BCUT2D eigenvalue weighted by molar-refractivity contribution is -0.118. The van der Waals surface area contributed by atoms with E-state index in [0.717, 1.165) is 25.7 Å². The predicted molar refractivity (Wildman–Crippen MR) is 147 cm³/mol. The highest BCUT2D eigenvalue weighted by molar-refractivity contribution is 8.00. The molecule has 0 bridgehead atoms. The van der Waals surface area contributed by atoms with Gasteiger partial charge in [-0.3, -0.25) is 20.0 Å². The van der Waals surface area contributed by atoms with Crippen molar-refractivity contribution in [1.82, 2.24) is 15.3 Å². The molecule has 1 saturated carbocycles. The molecule has 38 heavy (non-hydrogen) atoms. The predicted octanol–water partition coefficient (Wildman–Crippen LogP) is 4.59. The highest BCUT2D eigenvalue weighted by Gasteiger charge is 2.25. The van der Waals surface area contributed by atoms with Crippen LogP contribution in [0.5, 0.6) is 5.75 Å². The van der Waals surface area contributed by atoms with Gasteiger partial charge in [-0.05, 0) is 50.8 Å². The average molecular weight is 545 g/mol. The molecule has 2 aliphatic rings. The number of hydrogen-bond donors (Lipinski definition) is 3. The summed E-state index contributed by atoms with van der Waals surface area (Å²) in [6.07, 6.45) is 4.47. The van der Waals surface area contributed by atoms with Crippen molar-refractivity contribution < 1.29 is 18.3 Å². The highest BCUT2D eigenvalue weighted by Crippen LogP contribution is 2.39. The number of methoxy groups -OCH3 is 1. The molecule has 11 heteroatoms. The topological polar surface area (TPSA) is 105 Å². The van der Waals surface area contributed by atoms with Crippen LogP contribution in [0.1, 0.15) is 51.1 Å². The van der Waals surface area contributed by atoms with Crippen molar-refractivity contribution in [3.05, 3.63) is 30.2 Å². The summed E-state index contributed by atoms with van der Waals surface area (Å²) in [4.78, 5) is 23.0. The normalized spacial score (nSPS) is 19.4. The fourth-order valence-electron chi connectivity index (χ4n) is 4.18. The number of alkyl halides is 2. The molecule has 1 saturated heterocycles. The Hall–Kier alpha value is -2.94. The van der Waals surface area contributed by atoms with Gasteiger partial charge in [0.05, 0.1) is 25.2 Å². The summed E-state index contributed by atoms with van der Waals surface area (Å²) in [5.41, 5.74) is 6.90. The number of hydrogen-bond acceptors (Lipinski definition) is 8. The maximum Gasteiger partial charge on any atom is 0.280 e. The van der Waals surface area contributed by atoms with Gasteiger partial charge < -0.3 is 15.8 Å². The molecule has 2 aromatic heterocycles. The molecular formula is C27H34F2N6O2S. The lowest BCUT2D eigenvalue weighted by Crippen LogP contribution is -2.33. The molecule has 0 aromatic carbocycles. The Morgan fingerprint density at radius 3 is 2.66 bits per heavy atom. The quantitative estimate of drug-likeness (QED) is 0.311. The fraction of sp³-hybridized carbons (Fsp3) is 0.519. The zero-order valence-corrected chi connectivity index (χ0v) is 22.7. The number of amides is 1. The molecule has 1 aliphatic heterocycles. The molecule has 0 spiro atoms. The molecule has 8 nitrogen and oxygen atoms in total. The van der Waals surface area contributed by atoms with Crippen molar-refractivity contribution in [3.63, 3.8) is 0 Å².